The standard InChI is InChI=1S/C17H25NO/c1-18-17(11-13-7-9-19-10-8-13)16-6-5-14-3-2-4-15(14)12-16/h5-6,12-13,17-18H,2-4,7-11H2,1H3. The van der Waals surface area contributed by atoms with Crippen LogP contribution in [0.2, 0.25) is 0 Å². The van der Waals surface area contributed by atoms with Gasteiger partial charge in [-0.3, -0.25) is 0 Å². The fraction of sp³-hybridized carbons (Fsp3) is 0.647. The van der Waals surface area contributed by atoms with E-state index in [0.29, 0.717) is 6.04 Å². The van der Waals surface area contributed by atoms with Crippen LogP contribution < -0.4 is 5.32 Å². The number of nitrogens with one attached hydrogen (secondary N) is 1. The molecule has 0 saturated carbocycles. The van der Waals surface area contributed by atoms with Crippen molar-refractivity contribution in [2.24, 2.45) is 5.92 Å². The Hall–Kier alpha value is -0.860. The summed E-state index contributed by atoms with van der Waals surface area (Å²) in [5, 5.41) is 3.52. The van der Waals surface area contributed by atoms with Gasteiger partial charge in [0.15, 0.2) is 0 Å². The van der Waals surface area contributed by atoms with Gasteiger partial charge in [-0.1, -0.05) is 18.2 Å². The lowest BCUT2D eigenvalue weighted by atomic mass is 9.88. The lowest BCUT2D eigenvalue weighted by Gasteiger charge is -2.27. The first-order chi connectivity index (χ1) is 9.36. The monoisotopic (exact) mass is 259 g/mol. The van der Waals surface area contributed by atoms with Crippen LogP contribution in [0.15, 0.2) is 18.2 Å². The molecule has 0 spiro atoms. The number of aryl methyl sites for hydroxylation is 2. The molecule has 0 amide bonds. The van der Waals surface area contributed by atoms with E-state index in [2.05, 4.69) is 30.6 Å². The predicted molar refractivity (Wildman–Crippen MR) is 78.4 cm³/mol. The number of hydrogen-bond donors (Lipinski definition) is 1. The van der Waals surface area contributed by atoms with Gasteiger partial charge >= 0.3 is 0 Å². The van der Waals surface area contributed by atoms with Crippen LogP contribution in [0.4, 0.5) is 0 Å². The first kappa shape index (κ1) is 13.1. The van der Waals surface area contributed by atoms with Crippen molar-refractivity contribution in [3.05, 3.63) is 34.9 Å². The minimum absolute atomic E-state index is 0.508. The van der Waals surface area contributed by atoms with Crippen LogP contribution in [0, 0.1) is 5.92 Å². The van der Waals surface area contributed by atoms with Gasteiger partial charge in [0.05, 0.1) is 0 Å². The van der Waals surface area contributed by atoms with Crippen LogP contribution in [0.25, 0.3) is 0 Å². The number of fused-ring (bicyclic) bond motifs is 1. The molecule has 1 heterocycles. The highest BCUT2D eigenvalue weighted by molar-refractivity contribution is 5.36. The van der Waals surface area contributed by atoms with Gasteiger partial charge in [0.1, 0.15) is 0 Å². The zero-order valence-electron chi connectivity index (χ0n) is 12.0. The van der Waals surface area contributed by atoms with Gasteiger partial charge in [-0.15, -0.1) is 0 Å². The Kier molecular flexibility index (Phi) is 4.19. The van der Waals surface area contributed by atoms with E-state index in [-0.39, 0.29) is 0 Å². The second-order valence-electron chi connectivity index (χ2n) is 6.01. The second-order valence-corrected chi connectivity index (χ2v) is 6.01. The van der Waals surface area contributed by atoms with Gasteiger partial charge in [-0.25, -0.2) is 0 Å². The van der Waals surface area contributed by atoms with E-state index < -0.39 is 0 Å². The van der Waals surface area contributed by atoms with Crippen LogP contribution in [0.5, 0.6) is 0 Å². The number of rotatable bonds is 4. The molecule has 1 N–H and O–H groups in total. The molecule has 0 radical (unpaired) electrons. The van der Waals surface area contributed by atoms with Crippen molar-refractivity contribution >= 4 is 0 Å². The maximum absolute atomic E-state index is 5.46. The first-order valence-electron chi connectivity index (χ1n) is 7.73. The summed E-state index contributed by atoms with van der Waals surface area (Å²) in [6, 6.07) is 7.65. The fourth-order valence-corrected chi connectivity index (χ4v) is 3.54. The normalized spacial score (nSPS) is 21.3. The van der Waals surface area contributed by atoms with E-state index in [1.807, 2.05) is 0 Å². The van der Waals surface area contributed by atoms with Crippen molar-refractivity contribution in [1.29, 1.82) is 0 Å². The third-order valence-corrected chi connectivity index (χ3v) is 4.78. The van der Waals surface area contributed by atoms with E-state index in [9.17, 15) is 0 Å². The van der Waals surface area contributed by atoms with E-state index in [1.165, 1.54) is 44.1 Å². The van der Waals surface area contributed by atoms with Gasteiger partial charge in [-0.05, 0) is 68.2 Å². The highest BCUT2D eigenvalue weighted by Gasteiger charge is 2.20. The Morgan fingerprint density at radius 3 is 2.79 bits per heavy atom. The minimum Gasteiger partial charge on any atom is -0.381 e. The summed E-state index contributed by atoms with van der Waals surface area (Å²) in [6.07, 6.45) is 7.59. The smallest absolute Gasteiger partial charge is 0.0468 e. The highest BCUT2D eigenvalue weighted by Crippen LogP contribution is 2.30. The third kappa shape index (κ3) is 3.01. The molecule has 1 fully saturated rings. The maximum atomic E-state index is 5.46. The summed E-state index contributed by atoms with van der Waals surface area (Å²) in [7, 11) is 2.09. The summed E-state index contributed by atoms with van der Waals surface area (Å²) >= 11 is 0. The number of ether oxygens (including phenoxy) is 1. The second kappa shape index (κ2) is 6.06. The van der Waals surface area contributed by atoms with E-state index in [4.69, 9.17) is 4.74 Å². The summed E-state index contributed by atoms with van der Waals surface area (Å²) in [5.41, 5.74) is 4.64. The molecule has 1 aromatic carbocycles. The Morgan fingerprint density at radius 2 is 2.00 bits per heavy atom. The molecule has 1 aliphatic carbocycles. The molecule has 1 saturated heterocycles. The average molecular weight is 259 g/mol. The molecule has 0 bridgehead atoms. The quantitative estimate of drug-likeness (QED) is 0.896. The molecule has 19 heavy (non-hydrogen) atoms. The van der Waals surface area contributed by atoms with E-state index >= 15 is 0 Å². The van der Waals surface area contributed by atoms with Crippen molar-refractivity contribution in [2.45, 2.75) is 44.6 Å². The number of hydrogen-bond acceptors (Lipinski definition) is 2. The van der Waals surface area contributed by atoms with Crippen LogP contribution in [0.3, 0.4) is 0 Å². The molecule has 2 nitrogen and oxygen atoms in total. The molecular formula is C17H25NO. The molecule has 104 valence electrons. The van der Waals surface area contributed by atoms with Gasteiger partial charge in [0.25, 0.3) is 0 Å². The average Bonchev–Trinajstić information content (AvgIpc) is 2.93. The van der Waals surface area contributed by atoms with Gasteiger partial charge < -0.3 is 10.1 Å². The lowest BCUT2D eigenvalue weighted by molar-refractivity contribution is 0.0608. The van der Waals surface area contributed by atoms with Crippen molar-refractivity contribution in [3.63, 3.8) is 0 Å². The Morgan fingerprint density at radius 1 is 1.21 bits per heavy atom. The number of benzene rings is 1. The zero-order chi connectivity index (χ0) is 13.1. The summed E-state index contributed by atoms with van der Waals surface area (Å²) in [5.74, 6) is 0.819. The lowest BCUT2D eigenvalue weighted by Crippen LogP contribution is -2.24. The third-order valence-electron chi connectivity index (χ3n) is 4.78. The van der Waals surface area contributed by atoms with Crippen LogP contribution in [-0.2, 0) is 17.6 Å². The first-order valence-corrected chi connectivity index (χ1v) is 7.73. The molecule has 0 aromatic heterocycles. The van der Waals surface area contributed by atoms with E-state index in [1.54, 1.807) is 11.1 Å². The fourth-order valence-electron chi connectivity index (χ4n) is 3.54. The van der Waals surface area contributed by atoms with Gasteiger partial charge in [-0.2, -0.15) is 0 Å². The van der Waals surface area contributed by atoms with Crippen molar-refractivity contribution in [2.75, 3.05) is 20.3 Å². The van der Waals surface area contributed by atoms with Crippen LogP contribution in [0.1, 0.15) is 48.4 Å². The van der Waals surface area contributed by atoms with Crippen molar-refractivity contribution in [1.82, 2.24) is 5.32 Å². The van der Waals surface area contributed by atoms with Gasteiger partial charge in [0, 0.05) is 19.3 Å². The maximum Gasteiger partial charge on any atom is 0.0468 e. The Balaban J connectivity index is 1.70. The van der Waals surface area contributed by atoms with Crippen molar-refractivity contribution in [3.8, 4) is 0 Å². The summed E-state index contributed by atoms with van der Waals surface area (Å²) < 4.78 is 5.46. The largest absolute Gasteiger partial charge is 0.381 e. The highest BCUT2D eigenvalue weighted by atomic mass is 16.5. The molecule has 2 heteroatoms. The van der Waals surface area contributed by atoms with Crippen LogP contribution in [-0.4, -0.2) is 20.3 Å². The topological polar surface area (TPSA) is 21.3 Å². The molecule has 1 atom stereocenters. The van der Waals surface area contributed by atoms with E-state index in [0.717, 1.165) is 19.1 Å². The Bertz CT molecular complexity index is 423. The molecule has 1 aliphatic heterocycles. The zero-order valence-corrected chi connectivity index (χ0v) is 12.0. The molecular weight excluding hydrogens is 234 g/mol. The molecule has 2 aliphatic rings. The molecule has 1 aromatic rings. The van der Waals surface area contributed by atoms with Crippen LogP contribution >= 0.6 is 0 Å². The SMILES string of the molecule is CNC(CC1CCOCC1)c1ccc2c(c1)CCC2. The molecule has 3 rings (SSSR count). The summed E-state index contributed by atoms with van der Waals surface area (Å²) in [4.78, 5) is 0. The van der Waals surface area contributed by atoms with Crippen molar-refractivity contribution < 1.29 is 4.74 Å². The predicted octanol–water partition coefficient (Wildman–Crippen LogP) is 3.25. The Labute approximate surface area is 116 Å². The molecule has 1 unspecified atom stereocenters. The minimum atomic E-state index is 0.508. The van der Waals surface area contributed by atoms with Gasteiger partial charge in [0.2, 0.25) is 0 Å². The summed E-state index contributed by atoms with van der Waals surface area (Å²) in [6.45, 7) is 1.90.